The minimum Gasteiger partial charge on any atom is -0.399 e. The van der Waals surface area contributed by atoms with Gasteiger partial charge in [-0.2, -0.15) is 0 Å². The summed E-state index contributed by atoms with van der Waals surface area (Å²) in [6, 6.07) is 3.14. The zero-order valence-electron chi connectivity index (χ0n) is 10.6. The number of hydrogen-bond acceptors (Lipinski definition) is 4. The number of rotatable bonds is 5. The Balaban J connectivity index is 2.96. The Kier molecular flexibility index (Phi) is 4.66. The first-order chi connectivity index (χ1) is 8.22. The number of nitrogen functional groups attached to an aromatic ring is 1. The van der Waals surface area contributed by atoms with E-state index in [2.05, 4.69) is 4.72 Å². The lowest BCUT2D eigenvalue weighted by Crippen LogP contribution is -2.39. The monoisotopic (exact) mass is 275 g/mol. The van der Waals surface area contributed by atoms with Crippen molar-refractivity contribution in [1.29, 1.82) is 0 Å². The molecule has 18 heavy (non-hydrogen) atoms. The third-order valence-corrected chi connectivity index (χ3v) is 3.84. The summed E-state index contributed by atoms with van der Waals surface area (Å²) in [5, 5.41) is 0. The van der Waals surface area contributed by atoms with Crippen LogP contribution in [-0.2, 0) is 10.0 Å². The van der Waals surface area contributed by atoms with E-state index in [0.717, 1.165) is 12.1 Å². The Morgan fingerprint density at radius 1 is 1.44 bits per heavy atom. The highest BCUT2D eigenvalue weighted by molar-refractivity contribution is 7.89. The van der Waals surface area contributed by atoms with Crippen LogP contribution in [0.3, 0.4) is 0 Å². The number of anilines is 1. The van der Waals surface area contributed by atoms with Gasteiger partial charge in [0.15, 0.2) is 0 Å². The van der Waals surface area contributed by atoms with Gasteiger partial charge in [0.1, 0.15) is 10.7 Å². The first-order valence-electron chi connectivity index (χ1n) is 5.44. The van der Waals surface area contributed by atoms with Gasteiger partial charge in [-0.1, -0.05) is 0 Å². The summed E-state index contributed by atoms with van der Waals surface area (Å²) in [5.41, 5.74) is 5.67. The highest BCUT2D eigenvalue weighted by atomic mass is 32.2. The molecule has 1 unspecified atom stereocenters. The van der Waals surface area contributed by atoms with Gasteiger partial charge in [0.2, 0.25) is 10.0 Å². The molecule has 0 aliphatic rings. The fourth-order valence-electron chi connectivity index (χ4n) is 1.64. The number of nitrogens with one attached hydrogen (secondary N) is 1. The van der Waals surface area contributed by atoms with Gasteiger partial charge in [0, 0.05) is 18.3 Å². The minimum atomic E-state index is -3.89. The molecular weight excluding hydrogens is 257 g/mol. The van der Waals surface area contributed by atoms with Gasteiger partial charge in [-0.3, -0.25) is 0 Å². The minimum absolute atomic E-state index is 0.206. The molecule has 0 aromatic heterocycles. The molecule has 3 N–H and O–H groups in total. The van der Waals surface area contributed by atoms with Crippen LogP contribution >= 0.6 is 0 Å². The summed E-state index contributed by atoms with van der Waals surface area (Å²) in [7, 11) is -0.239. The Hall–Kier alpha value is -1.18. The van der Waals surface area contributed by atoms with Crippen LogP contribution in [-0.4, -0.2) is 40.0 Å². The Morgan fingerprint density at radius 3 is 2.61 bits per heavy atom. The normalized spacial score (nSPS) is 13.8. The molecule has 0 fully saturated rings. The lowest BCUT2D eigenvalue weighted by atomic mass is 10.3. The molecule has 0 amide bonds. The molecule has 0 radical (unpaired) electrons. The molecule has 0 saturated heterocycles. The molecule has 102 valence electrons. The van der Waals surface area contributed by atoms with Gasteiger partial charge >= 0.3 is 0 Å². The summed E-state index contributed by atoms with van der Waals surface area (Å²) in [5.74, 6) is -0.811. The topological polar surface area (TPSA) is 75.4 Å². The number of benzene rings is 1. The van der Waals surface area contributed by atoms with E-state index >= 15 is 0 Å². The summed E-state index contributed by atoms with van der Waals surface area (Å²) in [6.45, 7) is 2.23. The van der Waals surface area contributed by atoms with Crippen molar-refractivity contribution in [2.45, 2.75) is 17.9 Å². The summed E-state index contributed by atoms with van der Waals surface area (Å²) in [6.07, 6.45) is 0. The first kappa shape index (κ1) is 14.9. The zero-order valence-corrected chi connectivity index (χ0v) is 11.5. The second-order valence-corrected chi connectivity index (χ2v) is 6.16. The number of likely N-dealkylation sites (N-methyl/N-ethyl adjacent to an activating group) is 1. The molecule has 0 spiro atoms. The van der Waals surface area contributed by atoms with Gasteiger partial charge in [-0.15, -0.1) is 0 Å². The van der Waals surface area contributed by atoms with Crippen molar-refractivity contribution in [3.8, 4) is 0 Å². The average molecular weight is 275 g/mol. The van der Waals surface area contributed by atoms with Crippen LogP contribution in [0.25, 0.3) is 0 Å². The fourth-order valence-corrected chi connectivity index (χ4v) is 2.99. The van der Waals surface area contributed by atoms with E-state index in [4.69, 9.17) is 5.73 Å². The van der Waals surface area contributed by atoms with Gasteiger partial charge in [0.05, 0.1) is 0 Å². The maximum absolute atomic E-state index is 13.5. The third-order valence-electron chi connectivity index (χ3n) is 2.24. The maximum atomic E-state index is 13.5. The number of sulfonamides is 1. The fraction of sp³-hybridized carbons (Fsp3) is 0.455. The highest BCUT2D eigenvalue weighted by Crippen LogP contribution is 2.17. The molecule has 0 aliphatic carbocycles. The zero-order chi connectivity index (χ0) is 13.9. The van der Waals surface area contributed by atoms with Crippen molar-refractivity contribution in [3.63, 3.8) is 0 Å². The molecule has 0 heterocycles. The Bertz CT molecular complexity index is 517. The van der Waals surface area contributed by atoms with E-state index in [1.165, 1.54) is 6.07 Å². The van der Waals surface area contributed by atoms with Gasteiger partial charge in [-0.05, 0) is 39.2 Å². The molecule has 0 aliphatic heterocycles. The smallest absolute Gasteiger partial charge is 0.243 e. The predicted molar refractivity (Wildman–Crippen MR) is 69.1 cm³/mol. The van der Waals surface area contributed by atoms with E-state index < -0.39 is 20.7 Å². The third kappa shape index (κ3) is 3.94. The summed E-state index contributed by atoms with van der Waals surface area (Å²) >= 11 is 0. The molecule has 0 bridgehead atoms. The van der Waals surface area contributed by atoms with Gasteiger partial charge in [0.25, 0.3) is 0 Å². The van der Waals surface area contributed by atoms with E-state index in [9.17, 15) is 12.8 Å². The lowest BCUT2D eigenvalue weighted by molar-refractivity contribution is 0.370. The van der Waals surface area contributed by atoms with Crippen LogP contribution in [0.5, 0.6) is 0 Å². The highest BCUT2D eigenvalue weighted by Gasteiger charge is 2.21. The predicted octanol–water partition coefficient (Wildman–Crippen LogP) is 0.636. The van der Waals surface area contributed by atoms with Crippen LogP contribution in [0.15, 0.2) is 23.1 Å². The van der Waals surface area contributed by atoms with Gasteiger partial charge < -0.3 is 10.6 Å². The van der Waals surface area contributed by atoms with Crippen molar-refractivity contribution in [2.75, 3.05) is 26.4 Å². The number of nitrogens with two attached hydrogens (primary N) is 1. The largest absolute Gasteiger partial charge is 0.399 e. The standard InChI is InChI=1S/C11H18FN3O2S/c1-8(7-15(2)3)14-18(16,17)11-6-9(13)4-5-10(11)12/h4-6,8,14H,7,13H2,1-3H3. The molecular formula is C11H18FN3O2S. The molecule has 1 atom stereocenters. The number of nitrogens with zero attached hydrogens (tertiary/aromatic N) is 1. The van der Waals surface area contributed by atoms with E-state index in [1.54, 1.807) is 6.92 Å². The van der Waals surface area contributed by atoms with Crippen molar-refractivity contribution in [1.82, 2.24) is 9.62 Å². The molecule has 1 aromatic rings. The second-order valence-electron chi connectivity index (χ2n) is 4.47. The van der Waals surface area contributed by atoms with Crippen molar-refractivity contribution < 1.29 is 12.8 Å². The molecule has 5 nitrogen and oxygen atoms in total. The number of halogens is 1. The maximum Gasteiger partial charge on any atom is 0.243 e. The Morgan fingerprint density at radius 2 is 2.06 bits per heavy atom. The van der Waals surface area contributed by atoms with Crippen LogP contribution < -0.4 is 10.5 Å². The molecule has 0 saturated carbocycles. The van der Waals surface area contributed by atoms with Crippen LogP contribution in [0, 0.1) is 5.82 Å². The van der Waals surface area contributed by atoms with Crippen LogP contribution in [0.2, 0.25) is 0 Å². The SMILES string of the molecule is CC(CN(C)C)NS(=O)(=O)c1cc(N)ccc1F. The summed E-state index contributed by atoms with van der Waals surface area (Å²) in [4.78, 5) is 1.41. The molecule has 1 rings (SSSR count). The second kappa shape index (κ2) is 5.64. The summed E-state index contributed by atoms with van der Waals surface area (Å²) < 4.78 is 39.8. The van der Waals surface area contributed by atoms with Crippen molar-refractivity contribution in [2.24, 2.45) is 0 Å². The molecule has 7 heteroatoms. The van der Waals surface area contributed by atoms with Gasteiger partial charge in [-0.25, -0.2) is 17.5 Å². The average Bonchev–Trinajstić information content (AvgIpc) is 2.19. The van der Waals surface area contributed by atoms with Crippen LogP contribution in [0.4, 0.5) is 10.1 Å². The molecule has 1 aromatic carbocycles. The lowest BCUT2D eigenvalue weighted by Gasteiger charge is -2.18. The van der Waals surface area contributed by atoms with Crippen molar-refractivity contribution >= 4 is 15.7 Å². The van der Waals surface area contributed by atoms with E-state index in [1.807, 2.05) is 19.0 Å². The number of hydrogen-bond donors (Lipinski definition) is 2. The first-order valence-corrected chi connectivity index (χ1v) is 6.93. The quantitative estimate of drug-likeness (QED) is 0.773. The van der Waals surface area contributed by atoms with E-state index in [0.29, 0.717) is 6.54 Å². The van der Waals surface area contributed by atoms with E-state index in [-0.39, 0.29) is 11.7 Å². The van der Waals surface area contributed by atoms with Crippen molar-refractivity contribution in [3.05, 3.63) is 24.0 Å². The van der Waals surface area contributed by atoms with Crippen LogP contribution in [0.1, 0.15) is 6.92 Å². The Labute approximate surface area is 107 Å².